The van der Waals surface area contributed by atoms with Crippen LogP contribution in [0.2, 0.25) is 0 Å². The highest BCUT2D eigenvalue weighted by atomic mass is 16.1. The third-order valence-corrected chi connectivity index (χ3v) is 3.61. The maximum atomic E-state index is 12.3. The molecule has 24 heavy (non-hydrogen) atoms. The molecule has 0 unspecified atom stereocenters. The molecule has 3 rings (SSSR count). The second-order valence-electron chi connectivity index (χ2n) is 5.52. The molecule has 1 heterocycles. The normalized spacial score (nSPS) is 10.2. The number of rotatable bonds is 4. The zero-order valence-electron chi connectivity index (χ0n) is 13.6. The molecule has 0 saturated carbocycles. The number of aromatic nitrogens is 2. The van der Waals surface area contributed by atoms with E-state index in [2.05, 4.69) is 20.6 Å². The van der Waals surface area contributed by atoms with Gasteiger partial charge in [0.25, 0.3) is 5.91 Å². The minimum Gasteiger partial charge on any atom is -0.340 e. The molecule has 1 aromatic heterocycles. The average molecular weight is 318 g/mol. The smallest absolute Gasteiger partial charge is 0.255 e. The molecule has 0 fully saturated rings. The topological polar surface area (TPSA) is 66.9 Å². The van der Waals surface area contributed by atoms with E-state index < -0.39 is 0 Å². The van der Waals surface area contributed by atoms with E-state index in [1.54, 1.807) is 0 Å². The Hall–Kier alpha value is -3.21. The van der Waals surface area contributed by atoms with E-state index in [1.807, 2.05) is 68.4 Å². The summed E-state index contributed by atoms with van der Waals surface area (Å²) in [6.45, 7) is 3.84. The molecular formula is C19H18N4O. The minimum absolute atomic E-state index is 0.111. The number of benzene rings is 2. The summed E-state index contributed by atoms with van der Waals surface area (Å²) in [6, 6.07) is 16.9. The van der Waals surface area contributed by atoms with Crippen LogP contribution in [-0.4, -0.2) is 15.9 Å². The summed E-state index contributed by atoms with van der Waals surface area (Å²) in [5.74, 6) is 0.624. The van der Waals surface area contributed by atoms with Gasteiger partial charge >= 0.3 is 0 Å². The monoisotopic (exact) mass is 318 g/mol. The van der Waals surface area contributed by atoms with Crippen molar-refractivity contribution in [3.05, 3.63) is 77.7 Å². The second-order valence-corrected chi connectivity index (χ2v) is 5.52. The molecule has 0 spiro atoms. The van der Waals surface area contributed by atoms with Gasteiger partial charge in [0.15, 0.2) is 0 Å². The number of amides is 1. The molecule has 0 saturated heterocycles. The lowest BCUT2D eigenvalue weighted by molar-refractivity contribution is 0.102. The van der Waals surface area contributed by atoms with Gasteiger partial charge in [-0.3, -0.25) is 4.79 Å². The van der Waals surface area contributed by atoms with E-state index >= 15 is 0 Å². The zero-order valence-corrected chi connectivity index (χ0v) is 13.6. The quantitative estimate of drug-likeness (QED) is 0.760. The Morgan fingerprint density at radius 3 is 2.33 bits per heavy atom. The molecule has 5 heteroatoms. The number of aryl methyl sites for hydroxylation is 2. The number of nitrogens with one attached hydrogen (secondary N) is 2. The van der Waals surface area contributed by atoms with E-state index in [0.29, 0.717) is 5.56 Å². The molecule has 1 amide bonds. The first-order valence-electron chi connectivity index (χ1n) is 7.64. The Labute approximate surface area is 140 Å². The maximum Gasteiger partial charge on any atom is 0.255 e. The molecule has 3 aromatic rings. The molecule has 0 bridgehead atoms. The van der Waals surface area contributed by atoms with Gasteiger partial charge in [0.2, 0.25) is 0 Å². The predicted molar refractivity (Wildman–Crippen MR) is 95.6 cm³/mol. The van der Waals surface area contributed by atoms with Crippen LogP contribution in [-0.2, 0) is 0 Å². The molecule has 0 aliphatic rings. The van der Waals surface area contributed by atoms with Gasteiger partial charge in [-0.15, -0.1) is 0 Å². The van der Waals surface area contributed by atoms with E-state index in [1.165, 1.54) is 6.33 Å². The first-order valence-corrected chi connectivity index (χ1v) is 7.64. The molecule has 2 N–H and O–H groups in total. The van der Waals surface area contributed by atoms with Crippen molar-refractivity contribution in [2.45, 2.75) is 13.8 Å². The lowest BCUT2D eigenvalue weighted by atomic mass is 10.1. The average Bonchev–Trinajstić information content (AvgIpc) is 2.57. The van der Waals surface area contributed by atoms with Gasteiger partial charge in [-0.05, 0) is 49.7 Å². The van der Waals surface area contributed by atoms with Gasteiger partial charge in [0.1, 0.15) is 12.1 Å². The van der Waals surface area contributed by atoms with Gasteiger partial charge in [-0.1, -0.05) is 18.2 Å². The van der Waals surface area contributed by atoms with E-state index in [-0.39, 0.29) is 5.91 Å². The summed E-state index contributed by atoms with van der Waals surface area (Å²) in [5.41, 5.74) is 4.16. The van der Waals surface area contributed by atoms with Gasteiger partial charge in [-0.2, -0.15) is 0 Å². The zero-order chi connectivity index (χ0) is 16.9. The summed E-state index contributed by atoms with van der Waals surface area (Å²) in [4.78, 5) is 20.5. The van der Waals surface area contributed by atoms with Crippen LogP contribution >= 0.6 is 0 Å². The molecule has 5 nitrogen and oxygen atoms in total. The number of carbonyl (C=O) groups is 1. The highest BCUT2D eigenvalue weighted by Crippen LogP contribution is 2.18. The molecule has 0 radical (unpaired) electrons. The lowest BCUT2D eigenvalue weighted by Gasteiger charge is -2.09. The standard InChI is InChI=1S/C19H18N4O/c1-13-5-3-4-6-17(13)19(24)23-16-9-7-15(8-10-16)22-18-11-14(2)20-12-21-18/h3-12H,1-2H3,(H,23,24)(H,20,21,22). The fourth-order valence-corrected chi connectivity index (χ4v) is 2.33. The van der Waals surface area contributed by atoms with Crippen LogP contribution in [0.1, 0.15) is 21.6 Å². The highest BCUT2D eigenvalue weighted by molar-refractivity contribution is 6.05. The van der Waals surface area contributed by atoms with Crippen molar-refractivity contribution in [2.24, 2.45) is 0 Å². The van der Waals surface area contributed by atoms with Crippen LogP contribution in [0.15, 0.2) is 60.9 Å². The van der Waals surface area contributed by atoms with E-state index in [4.69, 9.17) is 0 Å². The predicted octanol–water partition coefficient (Wildman–Crippen LogP) is 4.09. The van der Waals surface area contributed by atoms with Crippen LogP contribution in [0.5, 0.6) is 0 Å². The van der Waals surface area contributed by atoms with E-state index in [0.717, 1.165) is 28.5 Å². The SMILES string of the molecule is Cc1cc(Nc2ccc(NC(=O)c3ccccc3C)cc2)ncn1. The Bertz CT molecular complexity index is 859. The van der Waals surface area contributed by atoms with Crippen molar-refractivity contribution in [1.29, 1.82) is 0 Å². The van der Waals surface area contributed by atoms with Crippen molar-refractivity contribution >= 4 is 23.1 Å². The highest BCUT2D eigenvalue weighted by Gasteiger charge is 2.08. The number of hydrogen-bond donors (Lipinski definition) is 2. The van der Waals surface area contributed by atoms with Gasteiger partial charge < -0.3 is 10.6 Å². The number of carbonyl (C=O) groups excluding carboxylic acids is 1. The molecule has 0 atom stereocenters. The van der Waals surface area contributed by atoms with Gasteiger partial charge in [0.05, 0.1) is 0 Å². The first kappa shape index (κ1) is 15.7. The number of anilines is 3. The summed E-state index contributed by atoms with van der Waals surface area (Å²) >= 11 is 0. The van der Waals surface area contributed by atoms with Gasteiger partial charge in [0, 0.05) is 28.7 Å². The third kappa shape index (κ3) is 3.76. The summed E-state index contributed by atoms with van der Waals surface area (Å²) < 4.78 is 0. The van der Waals surface area contributed by atoms with Crippen molar-refractivity contribution in [1.82, 2.24) is 9.97 Å². The van der Waals surface area contributed by atoms with Crippen LogP contribution in [0.3, 0.4) is 0 Å². The Balaban J connectivity index is 1.68. The summed E-state index contributed by atoms with van der Waals surface area (Å²) in [7, 11) is 0. The third-order valence-electron chi connectivity index (χ3n) is 3.61. The van der Waals surface area contributed by atoms with Crippen molar-refractivity contribution in [3.8, 4) is 0 Å². The van der Waals surface area contributed by atoms with Crippen LogP contribution < -0.4 is 10.6 Å². The largest absolute Gasteiger partial charge is 0.340 e. The summed E-state index contributed by atoms with van der Waals surface area (Å²) in [5, 5.41) is 6.11. The maximum absolute atomic E-state index is 12.3. The minimum atomic E-state index is -0.111. The van der Waals surface area contributed by atoms with Crippen molar-refractivity contribution in [3.63, 3.8) is 0 Å². The van der Waals surface area contributed by atoms with E-state index in [9.17, 15) is 4.79 Å². The fraction of sp³-hybridized carbons (Fsp3) is 0.105. The van der Waals surface area contributed by atoms with Crippen LogP contribution in [0.25, 0.3) is 0 Å². The molecule has 0 aliphatic heterocycles. The van der Waals surface area contributed by atoms with Crippen molar-refractivity contribution < 1.29 is 4.79 Å². The summed E-state index contributed by atoms with van der Waals surface area (Å²) in [6.07, 6.45) is 1.52. The fourth-order valence-electron chi connectivity index (χ4n) is 2.33. The molecule has 120 valence electrons. The molecule has 2 aromatic carbocycles. The molecular weight excluding hydrogens is 300 g/mol. The Morgan fingerprint density at radius 1 is 0.917 bits per heavy atom. The Morgan fingerprint density at radius 2 is 1.62 bits per heavy atom. The van der Waals surface area contributed by atoms with Crippen molar-refractivity contribution in [2.75, 3.05) is 10.6 Å². The molecule has 0 aliphatic carbocycles. The lowest BCUT2D eigenvalue weighted by Crippen LogP contribution is -2.13. The number of nitrogens with zero attached hydrogens (tertiary/aromatic N) is 2. The Kier molecular flexibility index (Phi) is 4.52. The van der Waals surface area contributed by atoms with Gasteiger partial charge in [-0.25, -0.2) is 9.97 Å². The number of hydrogen-bond acceptors (Lipinski definition) is 4. The van der Waals surface area contributed by atoms with Crippen LogP contribution in [0, 0.1) is 13.8 Å². The second kappa shape index (κ2) is 6.91. The first-order chi connectivity index (χ1) is 11.6. The van der Waals surface area contributed by atoms with Crippen LogP contribution in [0.4, 0.5) is 17.2 Å².